The van der Waals surface area contributed by atoms with E-state index >= 15 is 0 Å². The van der Waals surface area contributed by atoms with Crippen molar-refractivity contribution in [3.05, 3.63) is 78.1 Å². The van der Waals surface area contributed by atoms with Crippen LogP contribution >= 0.6 is 11.8 Å². The molecule has 0 saturated carbocycles. The number of nitrogens with zero attached hydrogens (tertiary/aromatic N) is 3. The third-order valence-electron chi connectivity index (χ3n) is 4.91. The normalized spacial score (nSPS) is 13.8. The van der Waals surface area contributed by atoms with Crippen LogP contribution in [0, 0.1) is 5.82 Å². The molecule has 1 aromatic heterocycles. The largest absolute Gasteiger partial charge is 0.341 e. The lowest BCUT2D eigenvalue weighted by Gasteiger charge is -2.26. The van der Waals surface area contributed by atoms with Gasteiger partial charge in [0, 0.05) is 36.0 Å². The number of carbonyl (C=O) groups excluding carboxylic acids is 2. The number of thioether (sulfide) groups is 1. The maximum atomic E-state index is 13.2. The van der Waals surface area contributed by atoms with E-state index in [1.807, 2.05) is 28.8 Å². The average molecular weight is 425 g/mol. The second-order valence-corrected chi connectivity index (χ2v) is 8.17. The molecule has 1 fully saturated rings. The van der Waals surface area contributed by atoms with Gasteiger partial charge in [-0.25, -0.2) is 9.37 Å². The Hall–Kier alpha value is -3.13. The van der Waals surface area contributed by atoms with E-state index in [-0.39, 0.29) is 17.6 Å². The number of benzene rings is 2. The molecule has 0 aliphatic carbocycles. The molecule has 2 heterocycles. The minimum atomic E-state index is -0.345. The zero-order valence-electron chi connectivity index (χ0n) is 16.3. The minimum absolute atomic E-state index is 0.135. The molecule has 1 saturated heterocycles. The highest BCUT2D eigenvalue weighted by atomic mass is 32.2. The highest BCUT2D eigenvalue weighted by Crippen LogP contribution is 2.16. The molecular weight excluding hydrogens is 403 g/mol. The van der Waals surface area contributed by atoms with Crippen LogP contribution in [0.1, 0.15) is 16.1 Å². The van der Waals surface area contributed by atoms with Crippen LogP contribution in [0.25, 0.3) is 5.69 Å². The molecule has 0 unspecified atom stereocenters. The van der Waals surface area contributed by atoms with E-state index < -0.39 is 0 Å². The lowest BCUT2D eigenvalue weighted by atomic mass is 10.1. The topological polar surface area (TPSA) is 67.2 Å². The van der Waals surface area contributed by atoms with Gasteiger partial charge in [-0.15, -0.1) is 0 Å². The first-order chi connectivity index (χ1) is 14.6. The summed E-state index contributed by atoms with van der Waals surface area (Å²) >= 11 is 1.87. The SMILES string of the molecule is O=C(Nc1ccc(CC(=O)N2CCSCC2)cc1)c1cncn1-c1ccc(F)cc1. The first kappa shape index (κ1) is 20.2. The minimum Gasteiger partial charge on any atom is -0.341 e. The molecule has 0 bridgehead atoms. The predicted molar refractivity (Wildman–Crippen MR) is 116 cm³/mol. The molecule has 2 amide bonds. The van der Waals surface area contributed by atoms with E-state index in [2.05, 4.69) is 10.3 Å². The van der Waals surface area contributed by atoms with Gasteiger partial charge in [-0.3, -0.25) is 14.2 Å². The smallest absolute Gasteiger partial charge is 0.274 e. The summed E-state index contributed by atoms with van der Waals surface area (Å²) in [5.41, 5.74) is 2.51. The van der Waals surface area contributed by atoms with Crippen LogP contribution < -0.4 is 5.32 Å². The number of aromatic nitrogens is 2. The van der Waals surface area contributed by atoms with Gasteiger partial charge < -0.3 is 10.2 Å². The lowest BCUT2D eigenvalue weighted by Crippen LogP contribution is -2.38. The van der Waals surface area contributed by atoms with Gasteiger partial charge in [0.15, 0.2) is 0 Å². The van der Waals surface area contributed by atoms with Crippen LogP contribution in [0.5, 0.6) is 0 Å². The van der Waals surface area contributed by atoms with Crippen molar-refractivity contribution in [2.24, 2.45) is 0 Å². The Morgan fingerprint density at radius 3 is 2.43 bits per heavy atom. The Morgan fingerprint density at radius 1 is 1.03 bits per heavy atom. The average Bonchev–Trinajstić information content (AvgIpc) is 3.26. The number of amides is 2. The van der Waals surface area contributed by atoms with Gasteiger partial charge in [0.25, 0.3) is 5.91 Å². The fourth-order valence-electron chi connectivity index (χ4n) is 3.27. The highest BCUT2D eigenvalue weighted by Gasteiger charge is 2.17. The third-order valence-corrected chi connectivity index (χ3v) is 5.85. The Bertz CT molecular complexity index is 1030. The molecule has 3 aromatic rings. The highest BCUT2D eigenvalue weighted by molar-refractivity contribution is 7.99. The summed E-state index contributed by atoms with van der Waals surface area (Å²) in [4.78, 5) is 31.0. The molecule has 0 spiro atoms. The molecule has 4 rings (SSSR count). The summed E-state index contributed by atoms with van der Waals surface area (Å²) in [6.07, 6.45) is 3.33. The van der Waals surface area contributed by atoms with E-state index in [1.165, 1.54) is 24.7 Å². The third kappa shape index (κ3) is 4.71. The number of hydrogen-bond acceptors (Lipinski definition) is 4. The van der Waals surface area contributed by atoms with Gasteiger partial charge in [-0.1, -0.05) is 12.1 Å². The molecule has 8 heteroatoms. The van der Waals surface area contributed by atoms with E-state index in [0.717, 1.165) is 30.2 Å². The first-order valence-electron chi connectivity index (χ1n) is 9.64. The van der Waals surface area contributed by atoms with Gasteiger partial charge >= 0.3 is 0 Å². The second kappa shape index (κ2) is 9.13. The van der Waals surface area contributed by atoms with E-state index in [1.54, 1.807) is 28.8 Å². The zero-order valence-corrected chi connectivity index (χ0v) is 17.1. The molecule has 6 nitrogen and oxygen atoms in total. The number of imidazole rings is 1. The van der Waals surface area contributed by atoms with Crippen LogP contribution in [0.2, 0.25) is 0 Å². The number of rotatable bonds is 5. The summed E-state index contributed by atoms with van der Waals surface area (Å²) in [7, 11) is 0. The van der Waals surface area contributed by atoms with Crippen LogP contribution in [0.3, 0.4) is 0 Å². The fourth-order valence-corrected chi connectivity index (χ4v) is 4.17. The number of nitrogens with one attached hydrogen (secondary N) is 1. The van der Waals surface area contributed by atoms with Crippen LogP contribution in [-0.4, -0.2) is 50.9 Å². The van der Waals surface area contributed by atoms with Crippen molar-refractivity contribution in [2.75, 3.05) is 29.9 Å². The molecule has 0 atom stereocenters. The summed E-state index contributed by atoms with van der Waals surface area (Å²) in [6, 6.07) is 13.1. The van der Waals surface area contributed by atoms with Crippen LogP contribution in [0.4, 0.5) is 10.1 Å². The monoisotopic (exact) mass is 424 g/mol. The van der Waals surface area contributed by atoms with Crippen molar-refractivity contribution in [3.63, 3.8) is 0 Å². The number of halogens is 1. The number of carbonyl (C=O) groups is 2. The van der Waals surface area contributed by atoms with E-state index in [0.29, 0.717) is 23.5 Å². The van der Waals surface area contributed by atoms with Crippen LogP contribution in [0.15, 0.2) is 61.1 Å². The van der Waals surface area contributed by atoms with Gasteiger partial charge in [0.05, 0.1) is 18.9 Å². The van der Waals surface area contributed by atoms with Crippen molar-refractivity contribution in [1.82, 2.24) is 14.5 Å². The summed E-state index contributed by atoms with van der Waals surface area (Å²) in [5, 5.41) is 2.84. The lowest BCUT2D eigenvalue weighted by molar-refractivity contribution is -0.130. The summed E-state index contributed by atoms with van der Waals surface area (Å²) in [5.74, 6) is 1.44. The zero-order chi connectivity index (χ0) is 20.9. The summed E-state index contributed by atoms with van der Waals surface area (Å²) in [6.45, 7) is 1.61. The Morgan fingerprint density at radius 2 is 1.73 bits per heavy atom. The maximum absolute atomic E-state index is 13.2. The Labute approximate surface area is 178 Å². The number of anilines is 1. The molecule has 2 aromatic carbocycles. The maximum Gasteiger partial charge on any atom is 0.274 e. The van der Waals surface area contributed by atoms with Gasteiger partial charge in [0.1, 0.15) is 11.5 Å². The van der Waals surface area contributed by atoms with Crippen molar-refractivity contribution >= 4 is 29.3 Å². The summed E-state index contributed by atoms with van der Waals surface area (Å²) < 4.78 is 14.8. The van der Waals surface area contributed by atoms with E-state index in [4.69, 9.17) is 0 Å². The van der Waals surface area contributed by atoms with Gasteiger partial charge in [-0.05, 0) is 42.0 Å². The molecular formula is C22H21FN4O2S. The van der Waals surface area contributed by atoms with E-state index in [9.17, 15) is 14.0 Å². The predicted octanol–water partition coefficient (Wildman–Crippen LogP) is 3.38. The molecule has 1 aliphatic rings. The van der Waals surface area contributed by atoms with Gasteiger partial charge in [-0.2, -0.15) is 11.8 Å². The molecule has 0 radical (unpaired) electrons. The Balaban J connectivity index is 1.40. The molecule has 154 valence electrons. The van der Waals surface area contributed by atoms with Crippen molar-refractivity contribution < 1.29 is 14.0 Å². The fraction of sp³-hybridized carbons (Fsp3) is 0.227. The van der Waals surface area contributed by atoms with Crippen LogP contribution in [-0.2, 0) is 11.2 Å². The number of hydrogen-bond donors (Lipinski definition) is 1. The second-order valence-electron chi connectivity index (χ2n) is 6.95. The molecule has 30 heavy (non-hydrogen) atoms. The molecule has 1 N–H and O–H groups in total. The Kier molecular flexibility index (Phi) is 6.13. The quantitative estimate of drug-likeness (QED) is 0.682. The van der Waals surface area contributed by atoms with Crippen molar-refractivity contribution in [1.29, 1.82) is 0 Å². The van der Waals surface area contributed by atoms with Crippen molar-refractivity contribution in [2.45, 2.75) is 6.42 Å². The molecule has 1 aliphatic heterocycles. The van der Waals surface area contributed by atoms with Crippen molar-refractivity contribution in [3.8, 4) is 5.69 Å². The first-order valence-corrected chi connectivity index (χ1v) is 10.8. The van der Waals surface area contributed by atoms with Gasteiger partial charge in [0.2, 0.25) is 5.91 Å². The standard InChI is InChI=1S/C22H21FN4O2S/c23-17-3-7-19(8-4-17)27-15-24-14-20(27)22(29)25-18-5-1-16(2-6-18)13-21(28)26-9-11-30-12-10-26/h1-8,14-15H,9-13H2,(H,25,29).